The molecule has 1 spiro atoms. The summed E-state index contributed by atoms with van der Waals surface area (Å²) in [6, 6.07) is 0. The topological polar surface area (TPSA) is 41.6 Å². The summed E-state index contributed by atoms with van der Waals surface area (Å²) >= 11 is 0. The molecule has 2 unspecified atom stereocenters. The molecule has 1 saturated heterocycles. The molecule has 0 aromatic carbocycles. The highest BCUT2D eigenvalue weighted by Crippen LogP contribution is 2.53. The maximum absolute atomic E-state index is 12.6. The first-order chi connectivity index (χ1) is 9.42. The minimum Gasteiger partial charge on any atom is -0.444 e. The number of hydrogen-bond donors (Lipinski definition) is 1. The highest BCUT2D eigenvalue weighted by molar-refractivity contribution is 5.70. The second kappa shape index (κ2) is 4.90. The van der Waals surface area contributed by atoms with Gasteiger partial charge in [0.1, 0.15) is 5.60 Å². The molecule has 4 nitrogen and oxygen atoms in total. The third kappa shape index (κ3) is 2.32. The first-order valence-corrected chi connectivity index (χ1v) is 8.14. The fourth-order valence-corrected chi connectivity index (χ4v) is 4.12. The summed E-state index contributed by atoms with van der Waals surface area (Å²) in [4.78, 5) is 14.6. The van der Waals surface area contributed by atoms with Crippen LogP contribution in [-0.4, -0.2) is 41.8 Å². The average Bonchev–Trinajstić information content (AvgIpc) is 2.30. The second-order valence-corrected chi connectivity index (χ2v) is 7.75. The van der Waals surface area contributed by atoms with Gasteiger partial charge < -0.3 is 10.1 Å². The molecule has 3 fully saturated rings. The standard InChI is InChI=1S/C16H28N2O2/c1-15(2,3)20-14(19)18-10-9-17-11-16(18)8-7-13(16)12-5-4-6-12/h12-13,17H,4-11H2,1-3H3. The lowest BCUT2D eigenvalue weighted by atomic mass is 9.55. The quantitative estimate of drug-likeness (QED) is 0.803. The van der Waals surface area contributed by atoms with Crippen LogP contribution in [0.15, 0.2) is 0 Å². The fraction of sp³-hybridized carbons (Fsp3) is 0.938. The van der Waals surface area contributed by atoms with Crippen LogP contribution in [0.3, 0.4) is 0 Å². The molecule has 20 heavy (non-hydrogen) atoms. The molecule has 3 rings (SSSR count). The van der Waals surface area contributed by atoms with E-state index in [1.165, 1.54) is 25.7 Å². The number of nitrogens with zero attached hydrogens (tertiary/aromatic N) is 1. The lowest BCUT2D eigenvalue weighted by molar-refractivity contribution is -0.0988. The third-order valence-corrected chi connectivity index (χ3v) is 5.39. The second-order valence-electron chi connectivity index (χ2n) is 7.75. The zero-order valence-corrected chi connectivity index (χ0v) is 13.1. The van der Waals surface area contributed by atoms with Crippen LogP contribution in [0.5, 0.6) is 0 Å². The zero-order valence-electron chi connectivity index (χ0n) is 13.1. The molecule has 4 heteroatoms. The molecule has 1 heterocycles. The lowest BCUT2D eigenvalue weighted by Crippen LogP contribution is -2.72. The van der Waals surface area contributed by atoms with Gasteiger partial charge in [-0.2, -0.15) is 0 Å². The molecule has 3 aliphatic rings. The molecule has 1 aliphatic heterocycles. The van der Waals surface area contributed by atoms with Crippen LogP contribution in [0, 0.1) is 11.8 Å². The summed E-state index contributed by atoms with van der Waals surface area (Å²) in [5.41, 5.74) is -0.357. The van der Waals surface area contributed by atoms with Gasteiger partial charge in [0.25, 0.3) is 0 Å². The fourth-order valence-electron chi connectivity index (χ4n) is 4.12. The highest BCUT2D eigenvalue weighted by atomic mass is 16.6. The van der Waals surface area contributed by atoms with Crippen molar-refractivity contribution in [3.05, 3.63) is 0 Å². The van der Waals surface area contributed by atoms with E-state index >= 15 is 0 Å². The summed E-state index contributed by atoms with van der Waals surface area (Å²) < 4.78 is 5.65. The van der Waals surface area contributed by atoms with E-state index in [0.717, 1.165) is 32.0 Å². The van der Waals surface area contributed by atoms with Crippen LogP contribution in [0.1, 0.15) is 52.9 Å². The molecule has 0 aromatic heterocycles. The van der Waals surface area contributed by atoms with Crippen molar-refractivity contribution in [2.24, 2.45) is 11.8 Å². The summed E-state index contributed by atoms with van der Waals surface area (Å²) in [5, 5.41) is 3.51. The van der Waals surface area contributed by atoms with Gasteiger partial charge >= 0.3 is 6.09 Å². The first-order valence-electron chi connectivity index (χ1n) is 8.14. The molecule has 1 amide bonds. The van der Waals surface area contributed by atoms with E-state index in [9.17, 15) is 4.79 Å². The van der Waals surface area contributed by atoms with E-state index in [2.05, 4.69) is 10.2 Å². The number of amides is 1. The zero-order chi connectivity index (χ0) is 14.4. The van der Waals surface area contributed by atoms with Crippen LogP contribution < -0.4 is 5.32 Å². The van der Waals surface area contributed by atoms with Crippen molar-refractivity contribution in [1.82, 2.24) is 10.2 Å². The minimum atomic E-state index is -0.404. The Morgan fingerprint density at radius 2 is 2.05 bits per heavy atom. The Bertz CT molecular complexity index is 386. The van der Waals surface area contributed by atoms with E-state index < -0.39 is 5.60 Å². The first kappa shape index (κ1) is 14.2. The highest BCUT2D eigenvalue weighted by Gasteiger charge is 2.57. The van der Waals surface area contributed by atoms with Crippen LogP contribution >= 0.6 is 0 Å². The number of nitrogens with one attached hydrogen (secondary N) is 1. The monoisotopic (exact) mass is 280 g/mol. The molecular weight excluding hydrogens is 252 g/mol. The Hall–Kier alpha value is -0.770. The Morgan fingerprint density at radius 1 is 1.30 bits per heavy atom. The van der Waals surface area contributed by atoms with E-state index in [4.69, 9.17) is 4.74 Å². The average molecular weight is 280 g/mol. The summed E-state index contributed by atoms with van der Waals surface area (Å²) in [6.45, 7) is 8.47. The number of hydrogen-bond acceptors (Lipinski definition) is 3. The van der Waals surface area contributed by atoms with Gasteiger partial charge in [-0.05, 0) is 45.4 Å². The Kier molecular flexibility index (Phi) is 3.47. The number of ether oxygens (including phenoxy) is 1. The van der Waals surface area contributed by atoms with Crippen LogP contribution in [0.2, 0.25) is 0 Å². The third-order valence-electron chi connectivity index (χ3n) is 5.39. The summed E-state index contributed by atoms with van der Waals surface area (Å²) in [5.74, 6) is 1.53. The Morgan fingerprint density at radius 3 is 2.55 bits per heavy atom. The molecule has 2 saturated carbocycles. The van der Waals surface area contributed by atoms with Crippen LogP contribution in [-0.2, 0) is 4.74 Å². The largest absolute Gasteiger partial charge is 0.444 e. The smallest absolute Gasteiger partial charge is 0.410 e. The van der Waals surface area contributed by atoms with Crippen molar-refractivity contribution in [1.29, 1.82) is 0 Å². The number of piperazine rings is 1. The predicted molar refractivity (Wildman–Crippen MR) is 78.6 cm³/mol. The van der Waals surface area contributed by atoms with Crippen molar-refractivity contribution >= 4 is 6.09 Å². The molecule has 0 bridgehead atoms. The van der Waals surface area contributed by atoms with Crippen LogP contribution in [0.25, 0.3) is 0 Å². The molecule has 2 aliphatic carbocycles. The van der Waals surface area contributed by atoms with Crippen molar-refractivity contribution in [2.75, 3.05) is 19.6 Å². The van der Waals surface area contributed by atoms with Gasteiger partial charge in [0.05, 0.1) is 5.54 Å². The molecule has 2 atom stereocenters. The maximum Gasteiger partial charge on any atom is 0.410 e. The van der Waals surface area contributed by atoms with E-state index in [-0.39, 0.29) is 11.6 Å². The molecule has 0 aromatic rings. The SMILES string of the molecule is CC(C)(C)OC(=O)N1CCNCC12CCC2C1CCC1. The van der Waals surface area contributed by atoms with E-state index in [0.29, 0.717) is 5.92 Å². The van der Waals surface area contributed by atoms with Gasteiger partial charge in [-0.15, -0.1) is 0 Å². The lowest BCUT2D eigenvalue weighted by Gasteiger charge is -2.61. The number of carbonyl (C=O) groups is 1. The predicted octanol–water partition coefficient (Wildman–Crippen LogP) is 2.78. The number of carbonyl (C=O) groups excluding carboxylic acids is 1. The van der Waals surface area contributed by atoms with Gasteiger partial charge in [-0.25, -0.2) is 4.79 Å². The molecule has 1 N–H and O–H groups in total. The maximum atomic E-state index is 12.6. The summed E-state index contributed by atoms with van der Waals surface area (Å²) in [7, 11) is 0. The normalized spacial score (nSPS) is 34.5. The van der Waals surface area contributed by atoms with Gasteiger partial charge in [0.15, 0.2) is 0 Å². The van der Waals surface area contributed by atoms with Crippen molar-refractivity contribution in [2.45, 2.75) is 64.0 Å². The van der Waals surface area contributed by atoms with Gasteiger partial charge in [0.2, 0.25) is 0 Å². The molecule has 0 radical (unpaired) electrons. The van der Waals surface area contributed by atoms with Crippen LogP contribution in [0.4, 0.5) is 4.79 Å². The van der Waals surface area contributed by atoms with Gasteiger partial charge in [-0.1, -0.05) is 19.3 Å². The van der Waals surface area contributed by atoms with Gasteiger partial charge in [-0.3, -0.25) is 4.90 Å². The van der Waals surface area contributed by atoms with E-state index in [1.807, 2.05) is 20.8 Å². The molecule has 114 valence electrons. The van der Waals surface area contributed by atoms with E-state index in [1.54, 1.807) is 0 Å². The number of rotatable bonds is 1. The van der Waals surface area contributed by atoms with Crippen molar-refractivity contribution < 1.29 is 9.53 Å². The summed E-state index contributed by atoms with van der Waals surface area (Å²) in [6.07, 6.45) is 6.40. The van der Waals surface area contributed by atoms with Crippen molar-refractivity contribution in [3.63, 3.8) is 0 Å². The molecular formula is C16H28N2O2. The Balaban J connectivity index is 1.75. The van der Waals surface area contributed by atoms with Crippen molar-refractivity contribution in [3.8, 4) is 0 Å². The minimum absolute atomic E-state index is 0.0473. The Labute approximate surface area is 122 Å². The van der Waals surface area contributed by atoms with Gasteiger partial charge in [0, 0.05) is 19.6 Å².